The maximum absolute atomic E-state index is 5.33. The summed E-state index contributed by atoms with van der Waals surface area (Å²) in [6.07, 6.45) is 0. The molecular formula is C6H16O3Si2. The Morgan fingerprint density at radius 3 is 2.00 bits per heavy atom. The highest BCUT2D eigenvalue weighted by atomic mass is 28.3. The fourth-order valence-corrected chi connectivity index (χ4v) is 1.25. The first-order valence-corrected chi connectivity index (χ1v) is 8.47. The molecule has 0 saturated heterocycles. The molecule has 3 nitrogen and oxygen atoms in total. The Hall–Kier alpha value is 0.314. The minimum absolute atomic E-state index is 0.547. The fraction of sp³-hybridized carbons (Fsp3) is 1.00. The average Bonchev–Trinajstić information content (AvgIpc) is 1.85. The van der Waals surface area contributed by atoms with Crippen LogP contribution < -0.4 is 0 Å². The Morgan fingerprint density at radius 2 is 1.55 bits per heavy atom. The van der Waals surface area contributed by atoms with Crippen molar-refractivity contribution in [1.29, 1.82) is 0 Å². The van der Waals surface area contributed by atoms with Gasteiger partial charge in [0, 0.05) is 0 Å². The molecule has 0 rings (SSSR count). The molecule has 0 aliphatic heterocycles. The van der Waals surface area contributed by atoms with Crippen molar-refractivity contribution < 1.29 is 13.9 Å². The molecule has 5 heteroatoms. The number of hydrogen-bond acceptors (Lipinski definition) is 3. The van der Waals surface area contributed by atoms with Crippen LogP contribution in [0.1, 0.15) is 0 Å². The van der Waals surface area contributed by atoms with Crippen molar-refractivity contribution in [2.24, 2.45) is 0 Å². The van der Waals surface area contributed by atoms with E-state index in [4.69, 9.17) is 13.9 Å². The Kier molecular flexibility index (Phi) is 7.19. The largest absolute Gasteiger partial charge is 0.415 e. The van der Waals surface area contributed by atoms with Crippen LogP contribution in [0.3, 0.4) is 0 Å². The fourth-order valence-electron chi connectivity index (χ4n) is 0.439. The molecule has 11 heavy (non-hydrogen) atoms. The summed E-state index contributed by atoms with van der Waals surface area (Å²) in [5.41, 5.74) is 0. The second-order valence-corrected chi connectivity index (χ2v) is 6.66. The molecule has 0 aliphatic rings. The van der Waals surface area contributed by atoms with E-state index in [2.05, 4.69) is 13.1 Å². The van der Waals surface area contributed by atoms with E-state index >= 15 is 0 Å². The van der Waals surface area contributed by atoms with E-state index in [9.17, 15) is 0 Å². The van der Waals surface area contributed by atoms with E-state index in [1.54, 1.807) is 0 Å². The highest BCUT2D eigenvalue weighted by molar-refractivity contribution is 6.48. The van der Waals surface area contributed by atoms with E-state index in [1.165, 1.54) is 0 Å². The predicted octanol–water partition coefficient (Wildman–Crippen LogP) is 1.45. The summed E-state index contributed by atoms with van der Waals surface area (Å²) in [5.74, 6) is 0. The van der Waals surface area contributed by atoms with Crippen LogP contribution in [0.2, 0.25) is 26.2 Å². The quantitative estimate of drug-likeness (QED) is 0.276. The van der Waals surface area contributed by atoms with Gasteiger partial charge in [-0.1, -0.05) is 0 Å². The smallest absolute Gasteiger partial charge is 0.254 e. The molecule has 0 saturated carbocycles. The van der Waals surface area contributed by atoms with Crippen molar-refractivity contribution >= 4 is 18.1 Å². The Bertz CT molecular complexity index is 77.9. The maximum atomic E-state index is 5.33. The first kappa shape index (κ1) is 11.3. The van der Waals surface area contributed by atoms with Gasteiger partial charge in [-0.25, -0.2) is 4.89 Å². The van der Waals surface area contributed by atoms with Gasteiger partial charge in [0.25, 0.3) is 9.04 Å². The second kappa shape index (κ2) is 6.99. The van der Waals surface area contributed by atoms with Gasteiger partial charge in [-0.2, -0.15) is 0 Å². The van der Waals surface area contributed by atoms with Crippen molar-refractivity contribution in [3.63, 3.8) is 0 Å². The SMILES string of the molecule is C[Si](C)OCCOO[Si](C)C. The third-order valence-electron chi connectivity index (χ3n) is 0.783. The zero-order valence-corrected chi connectivity index (χ0v) is 9.64. The van der Waals surface area contributed by atoms with Crippen LogP contribution in [0.5, 0.6) is 0 Å². The summed E-state index contributed by atoms with van der Waals surface area (Å²) < 4.78 is 10.3. The molecule has 0 unspecified atom stereocenters. The van der Waals surface area contributed by atoms with Crippen LogP contribution in [0.25, 0.3) is 0 Å². The van der Waals surface area contributed by atoms with Crippen molar-refractivity contribution in [2.75, 3.05) is 13.2 Å². The molecule has 0 fully saturated rings. The van der Waals surface area contributed by atoms with Crippen molar-refractivity contribution in [2.45, 2.75) is 26.2 Å². The molecule has 0 spiro atoms. The van der Waals surface area contributed by atoms with Gasteiger partial charge in [0.1, 0.15) is 6.61 Å². The van der Waals surface area contributed by atoms with Crippen LogP contribution in [0, 0.1) is 0 Å². The third kappa shape index (κ3) is 10.3. The Labute approximate surface area is 72.0 Å². The predicted molar refractivity (Wildman–Crippen MR) is 48.0 cm³/mol. The van der Waals surface area contributed by atoms with E-state index in [0.29, 0.717) is 13.2 Å². The zero-order chi connectivity index (χ0) is 8.69. The summed E-state index contributed by atoms with van der Waals surface area (Å²) in [6, 6.07) is 0. The average molecular weight is 192 g/mol. The third-order valence-corrected chi connectivity index (χ3v) is 2.02. The molecule has 0 aliphatic carbocycles. The molecule has 0 amide bonds. The lowest BCUT2D eigenvalue weighted by Crippen LogP contribution is -2.15. The molecule has 0 N–H and O–H groups in total. The first-order valence-electron chi connectivity index (χ1n) is 3.65. The molecule has 0 aromatic carbocycles. The van der Waals surface area contributed by atoms with Crippen LogP contribution in [-0.4, -0.2) is 31.3 Å². The molecule has 0 aromatic heterocycles. The molecule has 2 radical (unpaired) electrons. The maximum Gasteiger partial charge on any atom is 0.254 e. The summed E-state index contributed by atoms with van der Waals surface area (Å²) in [6.45, 7) is 9.45. The summed E-state index contributed by atoms with van der Waals surface area (Å²) in [7, 11) is -1.27. The molecule has 0 atom stereocenters. The van der Waals surface area contributed by atoms with Crippen molar-refractivity contribution in [3.8, 4) is 0 Å². The monoisotopic (exact) mass is 192 g/mol. The zero-order valence-electron chi connectivity index (χ0n) is 7.64. The Balaban J connectivity index is 2.91. The number of rotatable bonds is 6. The summed E-state index contributed by atoms with van der Waals surface area (Å²) in [5, 5.41) is 0. The molecule has 0 aromatic rings. The van der Waals surface area contributed by atoms with Crippen molar-refractivity contribution in [3.05, 3.63) is 0 Å². The minimum atomic E-state index is -0.705. The summed E-state index contributed by atoms with van der Waals surface area (Å²) >= 11 is 0. The van der Waals surface area contributed by atoms with Gasteiger partial charge in [-0.05, 0) is 26.2 Å². The topological polar surface area (TPSA) is 27.7 Å². The van der Waals surface area contributed by atoms with Crippen molar-refractivity contribution in [1.82, 2.24) is 0 Å². The Morgan fingerprint density at radius 1 is 0.909 bits per heavy atom. The lowest BCUT2D eigenvalue weighted by Gasteiger charge is -2.07. The van der Waals surface area contributed by atoms with Gasteiger partial charge in [0.15, 0.2) is 0 Å². The van der Waals surface area contributed by atoms with E-state index < -0.39 is 18.1 Å². The molecule has 0 bridgehead atoms. The minimum Gasteiger partial charge on any atom is -0.415 e. The highest BCUT2D eigenvalue weighted by Crippen LogP contribution is 1.87. The number of hydrogen-bond donors (Lipinski definition) is 0. The first-order chi connectivity index (χ1) is 5.13. The van der Waals surface area contributed by atoms with Gasteiger partial charge in [-0.15, -0.1) is 0 Å². The highest BCUT2D eigenvalue weighted by Gasteiger charge is 1.98. The van der Waals surface area contributed by atoms with Crippen LogP contribution >= 0.6 is 0 Å². The molecule has 0 heterocycles. The van der Waals surface area contributed by atoms with E-state index in [-0.39, 0.29) is 0 Å². The lowest BCUT2D eigenvalue weighted by molar-refractivity contribution is -0.216. The molecular weight excluding hydrogens is 176 g/mol. The van der Waals surface area contributed by atoms with Crippen LogP contribution in [-0.2, 0) is 13.9 Å². The normalized spacial score (nSPS) is 11.5. The van der Waals surface area contributed by atoms with Gasteiger partial charge < -0.3 is 4.43 Å². The van der Waals surface area contributed by atoms with Gasteiger partial charge in [-0.3, -0.25) is 4.58 Å². The van der Waals surface area contributed by atoms with Gasteiger partial charge in [0.05, 0.1) is 6.61 Å². The molecule has 66 valence electrons. The van der Waals surface area contributed by atoms with Gasteiger partial charge >= 0.3 is 0 Å². The van der Waals surface area contributed by atoms with E-state index in [0.717, 1.165) is 0 Å². The summed E-state index contributed by atoms with van der Waals surface area (Å²) in [4.78, 5) is 4.88. The lowest BCUT2D eigenvalue weighted by atomic mass is 10.8. The van der Waals surface area contributed by atoms with Crippen LogP contribution in [0.4, 0.5) is 0 Å². The van der Waals surface area contributed by atoms with Gasteiger partial charge in [0.2, 0.25) is 9.04 Å². The second-order valence-electron chi connectivity index (χ2n) is 2.57. The standard InChI is InChI=1S/C6H16O3Si2/c1-10(2)8-6-5-7-9-11(3)4/h5-6H2,1-4H3. The van der Waals surface area contributed by atoms with E-state index in [1.807, 2.05) is 13.1 Å². The van der Waals surface area contributed by atoms with Crippen LogP contribution in [0.15, 0.2) is 0 Å².